The van der Waals surface area contributed by atoms with Crippen LogP contribution in [0.15, 0.2) is 36.4 Å². The summed E-state index contributed by atoms with van der Waals surface area (Å²) < 4.78 is 52.8. The fourth-order valence-electron chi connectivity index (χ4n) is 2.53. The van der Waals surface area contributed by atoms with Crippen molar-refractivity contribution in [3.63, 3.8) is 0 Å². The lowest BCUT2D eigenvalue weighted by Gasteiger charge is -2.27. The molecule has 0 aromatic heterocycles. The number of primary amides is 2. The monoisotopic (exact) mass is 354 g/mol. The van der Waals surface area contributed by atoms with Crippen molar-refractivity contribution >= 4 is 11.8 Å². The minimum absolute atomic E-state index is 0.0964. The van der Waals surface area contributed by atoms with Gasteiger partial charge in [0.2, 0.25) is 11.8 Å². The zero-order chi connectivity index (χ0) is 18.8. The first-order valence-corrected chi connectivity index (χ1v) is 7.13. The van der Waals surface area contributed by atoms with Crippen LogP contribution in [0.2, 0.25) is 0 Å². The maximum absolute atomic E-state index is 13.4. The number of nitrogens with two attached hydrogens (primary N) is 2. The van der Waals surface area contributed by atoms with E-state index < -0.39 is 53.3 Å². The van der Waals surface area contributed by atoms with Crippen molar-refractivity contribution in [3.8, 4) is 0 Å². The number of carbonyl (C=O) groups is 2. The van der Waals surface area contributed by atoms with Gasteiger partial charge in [-0.3, -0.25) is 9.59 Å². The molecule has 0 radical (unpaired) electrons. The van der Waals surface area contributed by atoms with Gasteiger partial charge in [0, 0.05) is 0 Å². The van der Waals surface area contributed by atoms with Gasteiger partial charge in [0.25, 0.3) is 0 Å². The number of benzene rings is 2. The fourth-order valence-corrected chi connectivity index (χ4v) is 2.53. The molecule has 2 aromatic carbocycles. The van der Waals surface area contributed by atoms with Crippen LogP contribution in [0.5, 0.6) is 0 Å². The largest absolute Gasteiger partial charge is 0.369 e. The van der Waals surface area contributed by atoms with Gasteiger partial charge in [-0.05, 0) is 48.2 Å². The first-order chi connectivity index (χ1) is 11.7. The molecule has 25 heavy (non-hydrogen) atoms. The third-order valence-corrected chi connectivity index (χ3v) is 3.92. The Balaban J connectivity index is 2.45. The number of halogens is 4. The summed E-state index contributed by atoms with van der Waals surface area (Å²) in [5, 5.41) is 0. The summed E-state index contributed by atoms with van der Waals surface area (Å²) in [7, 11) is 0. The lowest BCUT2D eigenvalue weighted by molar-refractivity contribution is -0.139. The Morgan fingerprint density at radius 1 is 0.720 bits per heavy atom. The van der Waals surface area contributed by atoms with E-state index in [0.29, 0.717) is 0 Å². The molecule has 8 heteroatoms. The fraction of sp³-hybridized carbons (Fsp3) is 0.176. The van der Waals surface area contributed by atoms with Gasteiger partial charge < -0.3 is 11.5 Å². The van der Waals surface area contributed by atoms with Crippen LogP contribution < -0.4 is 11.5 Å². The summed E-state index contributed by atoms with van der Waals surface area (Å²) in [5.74, 6) is -6.79. The number of carbonyl (C=O) groups excluding carboxylic acids is 2. The van der Waals surface area contributed by atoms with Crippen LogP contribution in [-0.4, -0.2) is 11.8 Å². The van der Waals surface area contributed by atoms with Crippen molar-refractivity contribution in [1.82, 2.24) is 0 Å². The average molecular weight is 354 g/mol. The highest BCUT2D eigenvalue weighted by atomic mass is 19.2. The first kappa shape index (κ1) is 18.4. The summed E-state index contributed by atoms with van der Waals surface area (Å²) in [6, 6.07) is 5.61. The van der Waals surface area contributed by atoms with Crippen LogP contribution in [0.4, 0.5) is 17.6 Å². The topological polar surface area (TPSA) is 86.2 Å². The Bertz CT molecular complexity index is 770. The SMILES string of the molecule is NC(=O)C(Cc1ccc(F)c(F)c1)(Cc1ccc(F)c(F)c1)C(N)=O. The number of amides is 2. The maximum atomic E-state index is 13.4. The van der Waals surface area contributed by atoms with Gasteiger partial charge in [-0.25, -0.2) is 17.6 Å². The molecule has 0 bridgehead atoms. The molecule has 132 valence electrons. The van der Waals surface area contributed by atoms with E-state index in [1.807, 2.05) is 0 Å². The van der Waals surface area contributed by atoms with Crippen LogP contribution in [0.1, 0.15) is 11.1 Å². The number of hydrogen-bond donors (Lipinski definition) is 2. The van der Waals surface area contributed by atoms with Gasteiger partial charge in [0.05, 0.1) is 0 Å². The molecule has 0 aliphatic carbocycles. The van der Waals surface area contributed by atoms with E-state index >= 15 is 0 Å². The first-order valence-electron chi connectivity index (χ1n) is 7.13. The van der Waals surface area contributed by atoms with Crippen LogP contribution in [0, 0.1) is 28.7 Å². The molecule has 4 N–H and O–H groups in total. The van der Waals surface area contributed by atoms with Crippen molar-refractivity contribution in [2.24, 2.45) is 16.9 Å². The zero-order valence-electron chi connectivity index (χ0n) is 12.9. The normalized spacial score (nSPS) is 11.4. The summed E-state index contributed by atoms with van der Waals surface area (Å²) >= 11 is 0. The van der Waals surface area contributed by atoms with Crippen molar-refractivity contribution in [3.05, 3.63) is 70.8 Å². The lowest BCUT2D eigenvalue weighted by Crippen LogP contribution is -2.50. The van der Waals surface area contributed by atoms with Gasteiger partial charge in [-0.2, -0.15) is 0 Å². The molecule has 0 aliphatic rings. The molecule has 0 saturated heterocycles. The van der Waals surface area contributed by atoms with Crippen molar-refractivity contribution in [1.29, 1.82) is 0 Å². The van der Waals surface area contributed by atoms with Crippen LogP contribution >= 0.6 is 0 Å². The van der Waals surface area contributed by atoms with Gasteiger partial charge in [-0.15, -0.1) is 0 Å². The minimum Gasteiger partial charge on any atom is -0.369 e. The van der Waals surface area contributed by atoms with Crippen molar-refractivity contribution < 1.29 is 27.2 Å². The molecule has 0 unspecified atom stereocenters. The third-order valence-electron chi connectivity index (χ3n) is 3.92. The van der Waals surface area contributed by atoms with Crippen molar-refractivity contribution in [2.45, 2.75) is 12.8 Å². The van der Waals surface area contributed by atoms with E-state index in [9.17, 15) is 27.2 Å². The van der Waals surface area contributed by atoms with Crippen LogP contribution in [0.3, 0.4) is 0 Å². The molecular weight excluding hydrogens is 340 g/mol. The molecule has 0 heterocycles. The summed E-state index contributed by atoms with van der Waals surface area (Å²) in [6.07, 6.45) is -0.846. The molecule has 0 spiro atoms. The highest BCUT2D eigenvalue weighted by molar-refractivity contribution is 6.04. The molecule has 4 nitrogen and oxygen atoms in total. The Hall–Kier alpha value is -2.90. The van der Waals surface area contributed by atoms with Crippen LogP contribution in [-0.2, 0) is 22.4 Å². The van der Waals surface area contributed by atoms with Crippen LogP contribution in [0.25, 0.3) is 0 Å². The Morgan fingerprint density at radius 2 is 1.08 bits per heavy atom. The highest BCUT2D eigenvalue weighted by Gasteiger charge is 2.43. The second-order valence-corrected chi connectivity index (χ2v) is 5.66. The molecular formula is C17H14F4N2O2. The van der Waals surface area contributed by atoms with Gasteiger partial charge >= 0.3 is 0 Å². The molecule has 2 aromatic rings. The average Bonchev–Trinajstić information content (AvgIpc) is 2.53. The maximum Gasteiger partial charge on any atom is 0.233 e. The van der Waals surface area contributed by atoms with Gasteiger partial charge in [-0.1, -0.05) is 12.1 Å². The third kappa shape index (κ3) is 3.78. The minimum atomic E-state index is -2.02. The van der Waals surface area contributed by atoms with E-state index in [-0.39, 0.29) is 11.1 Å². The Morgan fingerprint density at radius 3 is 1.36 bits per heavy atom. The second-order valence-electron chi connectivity index (χ2n) is 5.66. The Kier molecular flexibility index (Phi) is 5.10. The molecule has 2 amide bonds. The van der Waals surface area contributed by atoms with E-state index in [0.717, 1.165) is 24.3 Å². The molecule has 0 atom stereocenters. The Labute approximate surface area is 140 Å². The highest BCUT2D eigenvalue weighted by Crippen LogP contribution is 2.29. The van der Waals surface area contributed by atoms with Gasteiger partial charge in [0.15, 0.2) is 23.3 Å². The van der Waals surface area contributed by atoms with E-state index in [2.05, 4.69) is 0 Å². The molecule has 0 saturated carbocycles. The van der Waals surface area contributed by atoms with E-state index in [1.165, 1.54) is 12.1 Å². The lowest BCUT2D eigenvalue weighted by atomic mass is 9.75. The number of hydrogen-bond acceptors (Lipinski definition) is 2. The van der Waals surface area contributed by atoms with Crippen molar-refractivity contribution in [2.75, 3.05) is 0 Å². The predicted molar refractivity (Wildman–Crippen MR) is 80.9 cm³/mol. The standard InChI is InChI=1S/C17H14F4N2O2/c18-11-3-1-9(5-13(11)20)7-17(15(22)24,16(23)25)8-10-2-4-12(19)14(21)6-10/h1-6H,7-8H2,(H2,22,24)(H2,23,25). The smallest absolute Gasteiger partial charge is 0.233 e. The summed E-state index contributed by atoms with van der Waals surface area (Å²) in [6.45, 7) is 0. The van der Waals surface area contributed by atoms with E-state index in [1.54, 1.807) is 0 Å². The predicted octanol–water partition coefficient (Wildman–Crippen LogP) is 1.99. The molecule has 0 aliphatic heterocycles. The quantitative estimate of drug-likeness (QED) is 0.614. The summed E-state index contributed by atoms with van der Waals surface area (Å²) in [5.41, 5.74) is 8.83. The zero-order valence-corrected chi connectivity index (χ0v) is 12.9. The van der Waals surface area contributed by atoms with Gasteiger partial charge in [0.1, 0.15) is 5.41 Å². The second kappa shape index (κ2) is 6.92. The van der Waals surface area contributed by atoms with E-state index in [4.69, 9.17) is 11.5 Å². The molecule has 2 rings (SSSR count). The number of rotatable bonds is 6. The molecule has 0 fully saturated rings. The summed E-state index contributed by atoms with van der Waals surface area (Å²) in [4.78, 5) is 23.9.